The van der Waals surface area contributed by atoms with Crippen LogP contribution in [0, 0.1) is 11.8 Å². The van der Waals surface area contributed by atoms with Gasteiger partial charge in [-0.1, -0.05) is 60.6 Å². The third kappa shape index (κ3) is 9.49. The number of phenolic OH excluding ortho intramolecular Hbond substituents is 1. The molecule has 2 nitrogen and oxygen atoms in total. The van der Waals surface area contributed by atoms with E-state index < -0.39 is 0 Å². The SMILES string of the molecule is BrCC1CCC1.Brc1ccc(OCC2CCC2)cc1.Oc1ccc(Br)cc1. The molecule has 0 heterocycles. The second-order valence-electron chi connectivity index (χ2n) is 6.99. The lowest BCUT2D eigenvalue weighted by molar-refractivity contribution is 0.180. The first-order valence-electron chi connectivity index (χ1n) is 9.45. The van der Waals surface area contributed by atoms with Gasteiger partial charge in [0, 0.05) is 14.3 Å². The summed E-state index contributed by atoms with van der Waals surface area (Å²) in [4.78, 5) is 0. The van der Waals surface area contributed by atoms with Gasteiger partial charge in [0.2, 0.25) is 0 Å². The predicted molar refractivity (Wildman–Crippen MR) is 124 cm³/mol. The first-order chi connectivity index (χ1) is 13.1. The van der Waals surface area contributed by atoms with Crippen molar-refractivity contribution in [3.05, 3.63) is 57.5 Å². The van der Waals surface area contributed by atoms with Crippen LogP contribution >= 0.6 is 47.8 Å². The molecule has 2 aromatic rings. The lowest BCUT2D eigenvalue weighted by Crippen LogP contribution is -2.19. The van der Waals surface area contributed by atoms with Gasteiger partial charge in [-0.25, -0.2) is 0 Å². The third-order valence-electron chi connectivity index (χ3n) is 4.79. The van der Waals surface area contributed by atoms with E-state index in [1.165, 1.54) is 43.9 Å². The Balaban J connectivity index is 0.000000159. The maximum atomic E-state index is 8.74. The maximum Gasteiger partial charge on any atom is 0.119 e. The van der Waals surface area contributed by atoms with Crippen LogP contribution in [0.25, 0.3) is 0 Å². The highest BCUT2D eigenvalue weighted by Gasteiger charge is 2.17. The van der Waals surface area contributed by atoms with E-state index in [2.05, 4.69) is 47.8 Å². The minimum absolute atomic E-state index is 0.299. The number of ether oxygens (including phenoxy) is 1. The van der Waals surface area contributed by atoms with Gasteiger partial charge < -0.3 is 9.84 Å². The fraction of sp³-hybridized carbons (Fsp3) is 0.455. The van der Waals surface area contributed by atoms with Gasteiger partial charge in [-0.2, -0.15) is 0 Å². The molecule has 0 bridgehead atoms. The molecule has 0 amide bonds. The fourth-order valence-corrected chi connectivity index (χ4v) is 3.67. The highest BCUT2D eigenvalue weighted by atomic mass is 79.9. The van der Waals surface area contributed by atoms with E-state index in [4.69, 9.17) is 9.84 Å². The molecule has 0 spiro atoms. The number of hydrogen-bond acceptors (Lipinski definition) is 2. The molecule has 2 aromatic carbocycles. The molecular formula is C22H27Br3O2. The third-order valence-corrected chi connectivity index (χ3v) is 6.77. The molecule has 0 atom stereocenters. The number of hydrogen-bond donors (Lipinski definition) is 1. The largest absolute Gasteiger partial charge is 0.508 e. The average Bonchev–Trinajstić information content (AvgIpc) is 2.58. The zero-order chi connectivity index (χ0) is 19.5. The Morgan fingerprint density at radius 1 is 0.778 bits per heavy atom. The number of aromatic hydroxyl groups is 1. The Morgan fingerprint density at radius 2 is 1.26 bits per heavy atom. The number of alkyl halides is 1. The molecule has 4 rings (SSSR count). The van der Waals surface area contributed by atoms with Crippen molar-refractivity contribution in [2.24, 2.45) is 11.8 Å². The lowest BCUT2D eigenvalue weighted by atomic mass is 9.86. The topological polar surface area (TPSA) is 29.5 Å². The van der Waals surface area contributed by atoms with Crippen LogP contribution in [0.15, 0.2) is 57.5 Å². The van der Waals surface area contributed by atoms with Crippen LogP contribution in [0.1, 0.15) is 38.5 Å². The summed E-state index contributed by atoms with van der Waals surface area (Å²) in [5, 5.41) is 9.96. The first-order valence-corrected chi connectivity index (χ1v) is 12.2. The smallest absolute Gasteiger partial charge is 0.119 e. The Kier molecular flexibility index (Phi) is 10.8. The molecule has 0 unspecified atom stereocenters. The summed E-state index contributed by atoms with van der Waals surface area (Å²) in [6.07, 6.45) is 8.47. The van der Waals surface area contributed by atoms with Crippen LogP contribution in [-0.4, -0.2) is 17.0 Å². The maximum absolute atomic E-state index is 8.74. The molecule has 0 radical (unpaired) electrons. The second kappa shape index (κ2) is 12.8. The van der Waals surface area contributed by atoms with Crippen molar-refractivity contribution in [2.75, 3.05) is 11.9 Å². The molecule has 2 saturated carbocycles. The summed E-state index contributed by atoms with van der Waals surface area (Å²) in [5.74, 6) is 3.12. The molecule has 2 fully saturated rings. The first kappa shape index (κ1) is 22.8. The van der Waals surface area contributed by atoms with E-state index in [-0.39, 0.29) is 0 Å². The van der Waals surface area contributed by atoms with Crippen LogP contribution in [-0.2, 0) is 0 Å². The summed E-state index contributed by atoms with van der Waals surface area (Å²) in [6.45, 7) is 0.891. The van der Waals surface area contributed by atoms with Crippen LogP contribution in [0.3, 0.4) is 0 Å². The minimum Gasteiger partial charge on any atom is -0.508 e. The standard InChI is InChI=1S/C11H13BrO.C6H5BrO.C5H9Br/c12-10-4-6-11(7-5-10)13-8-9-2-1-3-9;7-5-1-3-6(8)4-2-5;6-4-5-2-1-3-5/h4-7,9H,1-3,8H2;1-4,8H;5H,1-4H2. The Hall–Kier alpha value is -0.520. The quantitative estimate of drug-likeness (QED) is 0.383. The molecule has 27 heavy (non-hydrogen) atoms. The normalized spacial score (nSPS) is 16.0. The van der Waals surface area contributed by atoms with Gasteiger partial charge in [-0.3, -0.25) is 0 Å². The van der Waals surface area contributed by atoms with Gasteiger partial charge >= 0.3 is 0 Å². The number of rotatable bonds is 4. The van der Waals surface area contributed by atoms with E-state index >= 15 is 0 Å². The van der Waals surface area contributed by atoms with Crippen molar-refractivity contribution >= 4 is 47.8 Å². The Morgan fingerprint density at radius 3 is 1.59 bits per heavy atom. The van der Waals surface area contributed by atoms with Crippen molar-refractivity contribution in [3.8, 4) is 11.5 Å². The van der Waals surface area contributed by atoms with Crippen LogP contribution in [0.2, 0.25) is 0 Å². The minimum atomic E-state index is 0.299. The molecule has 0 aromatic heterocycles. The van der Waals surface area contributed by atoms with E-state index in [1.54, 1.807) is 24.3 Å². The van der Waals surface area contributed by atoms with Crippen molar-refractivity contribution in [1.82, 2.24) is 0 Å². The van der Waals surface area contributed by atoms with E-state index in [0.717, 1.165) is 33.1 Å². The second-order valence-corrected chi connectivity index (χ2v) is 9.47. The zero-order valence-electron chi connectivity index (χ0n) is 15.4. The Labute approximate surface area is 188 Å². The molecule has 2 aliphatic carbocycles. The molecule has 5 heteroatoms. The van der Waals surface area contributed by atoms with E-state index in [1.807, 2.05) is 24.3 Å². The summed E-state index contributed by atoms with van der Waals surface area (Å²) >= 11 is 10.1. The Bertz CT molecular complexity index is 612. The summed E-state index contributed by atoms with van der Waals surface area (Å²) in [6, 6.07) is 14.9. The van der Waals surface area contributed by atoms with Crippen LogP contribution in [0.5, 0.6) is 11.5 Å². The molecule has 0 saturated heterocycles. The lowest BCUT2D eigenvalue weighted by Gasteiger charge is -2.25. The molecule has 148 valence electrons. The van der Waals surface area contributed by atoms with Gasteiger partial charge in [-0.05, 0) is 86.1 Å². The number of halogens is 3. The van der Waals surface area contributed by atoms with Gasteiger partial charge in [0.1, 0.15) is 11.5 Å². The molecule has 2 aliphatic rings. The molecule has 1 N–H and O–H groups in total. The van der Waals surface area contributed by atoms with Crippen molar-refractivity contribution in [2.45, 2.75) is 38.5 Å². The number of phenols is 1. The predicted octanol–water partition coefficient (Wildman–Crippen LogP) is 7.96. The van der Waals surface area contributed by atoms with Gasteiger partial charge in [0.25, 0.3) is 0 Å². The van der Waals surface area contributed by atoms with Gasteiger partial charge in [0.05, 0.1) is 6.61 Å². The average molecular weight is 563 g/mol. The monoisotopic (exact) mass is 560 g/mol. The van der Waals surface area contributed by atoms with Crippen molar-refractivity contribution < 1.29 is 9.84 Å². The molecule has 0 aliphatic heterocycles. The summed E-state index contributed by atoms with van der Waals surface area (Å²) in [7, 11) is 0. The van der Waals surface area contributed by atoms with E-state index in [9.17, 15) is 0 Å². The zero-order valence-corrected chi connectivity index (χ0v) is 20.2. The van der Waals surface area contributed by atoms with Gasteiger partial charge in [0.15, 0.2) is 0 Å². The van der Waals surface area contributed by atoms with Crippen LogP contribution in [0.4, 0.5) is 0 Å². The fourth-order valence-electron chi connectivity index (χ4n) is 2.49. The van der Waals surface area contributed by atoms with Crippen molar-refractivity contribution in [3.63, 3.8) is 0 Å². The van der Waals surface area contributed by atoms with Gasteiger partial charge in [-0.15, -0.1) is 0 Å². The summed E-state index contributed by atoms with van der Waals surface area (Å²) in [5.41, 5.74) is 0. The van der Waals surface area contributed by atoms with E-state index in [0.29, 0.717) is 5.75 Å². The van der Waals surface area contributed by atoms with Crippen LogP contribution < -0.4 is 4.74 Å². The number of benzene rings is 2. The molecular weight excluding hydrogens is 536 g/mol. The summed E-state index contributed by atoms with van der Waals surface area (Å²) < 4.78 is 7.73. The highest BCUT2D eigenvalue weighted by Crippen LogP contribution is 2.28. The van der Waals surface area contributed by atoms with Crippen molar-refractivity contribution in [1.29, 1.82) is 0 Å². The highest BCUT2D eigenvalue weighted by molar-refractivity contribution is 9.10.